The van der Waals surface area contributed by atoms with Gasteiger partial charge in [-0.2, -0.15) is 0 Å². The van der Waals surface area contributed by atoms with E-state index in [9.17, 15) is 19.2 Å². The van der Waals surface area contributed by atoms with Crippen molar-refractivity contribution in [3.63, 3.8) is 0 Å². The lowest BCUT2D eigenvalue weighted by molar-refractivity contribution is -0.138. The number of hydrogen-bond donors (Lipinski definition) is 0. The van der Waals surface area contributed by atoms with Crippen LogP contribution < -0.4 is 9.47 Å². The lowest BCUT2D eigenvalue weighted by Crippen LogP contribution is -2.04. The summed E-state index contributed by atoms with van der Waals surface area (Å²) in [6, 6.07) is 22.3. The molecule has 3 rings (SSSR count). The summed E-state index contributed by atoms with van der Waals surface area (Å²) >= 11 is 1.23. The summed E-state index contributed by atoms with van der Waals surface area (Å²) in [6.45, 7) is 16.8. The maximum atomic E-state index is 12.5. The summed E-state index contributed by atoms with van der Waals surface area (Å²) in [6.07, 6.45) is 7.22. The van der Waals surface area contributed by atoms with Crippen LogP contribution in [0.25, 0.3) is 0 Å². The molecule has 0 saturated heterocycles. The second kappa shape index (κ2) is 26.3. The van der Waals surface area contributed by atoms with Crippen molar-refractivity contribution in [3.8, 4) is 11.5 Å². The molecule has 264 valence electrons. The summed E-state index contributed by atoms with van der Waals surface area (Å²) in [7, 11) is 0. The van der Waals surface area contributed by atoms with Gasteiger partial charge in [-0.05, 0) is 116 Å². The number of carbonyl (C=O) groups is 4. The van der Waals surface area contributed by atoms with Gasteiger partial charge in [0.25, 0.3) is 0 Å². The van der Waals surface area contributed by atoms with Gasteiger partial charge in [0.05, 0.1) is 26.4 Å². The van der Waals surface area contributed by atoms with Crippen LogP contribution in [0.2, 0.25) is 0 Å². The monoisotopic (exact) mass is 690 g/mol. The Labute approximate surface area is 295 Å². The number of aldehydes is 1. The highest BCUT2D eigenvalue weighted by Gasteiger charge is 2.10. The van der Waals surface area contributed by atoms with Crippen LogP contribution in [0, 0.1) is 0 Å². The van der Waals surface area contributed by atoms with E-state index in [0.29, 0.717) is 49.2 Å². The highest BCUT2D eigenvalue weighted by molar-refractivity contribution is 8.14. The summed E-state index contributed by atoms with van der Waals surface area (Å²) < 4.78 is 20.9. The van der Waals surface area contributed by atoms with Gasteiger partial charge in [-0.1, -0.05) is 53.0 Å². The van der Waals surface area contributed by atoms with Gasteiger partial charge < -0.3 is 18.9 Å². The normalized spacial score (nSPS) is 10.4. The molecule has 0 spiro atoms. The van der Waals surface area contributed by atoms with Gasteiger partial charge in [-0.15, -0.1) is 0 Å². The molecule has 0 bridgehead atoms. The van der Waals surface area contributed by atoms with E-state index >= 15 is 0 Å². The van der Waals surface area contributed by atoms with Gasteiger partial charge in [0.2, 0.25) is 5.12 Å². The molecule has 9 heteroatoms. The molecular weight excluding hydrogens is 640 g/mol. The molecule has 8 nitrogen and oxygen atoms in total. The predicted octanol–water partition coefficient (Wildman–Crippen LogP) is 9.43. The molecule has 0 radical (unpaired) electrons. The van der Waals surface area contributed by atoms with Crippen molar-refractivity contribution >= 4 is 35.1 Å². The van der Waals surface area contributed by atoms with E-state index in [4.69, 9.17) is 18.9 Å². The fourth-order valence-electron chi connectivity index (χ4n) is 3.85. The van der Waals surface area contributed by atoms with Gasteiger partial charge in [0.15, 0.2) is 0 Å². The van der Waals surface area contributed by atoms with Crippen LogP contribution in [0.4, 0.5) is 0 Å². The first kappa shape index (κ1) is 42.4. The number of ether oxygens (including phenoxy) is 4. The van der Waals surface area contributed by atoms with E-state index in [0.717, 1.165) is 61.2 Å². The quantitative estimate of drug-likeness (QED) is 0.0400. The Morgan fingerprint density at radius 2 is 1.14 bits per heavy atom. The molecule has 0 heterocycles. The van der Waals surface area contributed by atoms with Crippen LogP contribution in [-0.2, 0) is 19.1 Å². The van der Waals surface area contributed by atoms with Gasteiger partial charge >= 0.3 is 11.9 Å². The Bertz CT molecular complexity index is 1400. The zero-order valence-electron chi connectivity index (χ0n) is 29.2. The van der Waals surface area contributed by atoms with E-state index in [1.165, 1.54) is 17.3 Å². The van der Waals surface area contributed by atoms with Crippen molar-refractivity contribution < 1.29 is 38.1 Å². The molecule has 3 aromatic carbocycles. The van der Waals surface area contributed by atoms with Crippen LogP contribution in [-0.4, -0.2) is 49.8 Å². The number of carbonyl (C=O) groups excluding carboxylic acids is 4. The molecule has 3 aromatic rings. The molecule has 0 N–H and O–H groups in total. The van der Waals surface area contributed by atoms with Crippen molar-refractivity contribution in [2.24, 2.45) is 0 Å². The van der Waals surface area contributed by atoms with Crippen molar-refractivity contribution in [1.82, 2.24) is 0 Å². The zero-order valence-corrected chi connectivity index (χ0v) is 30.0. The third-order valence-corrected chi connectivity index (χ3v) is 7.74. The van der Waals surface area contributed by atoms with Gasteiger partial charge in [-0.25, -0.2) is 9.59 Å². The molecule has 0 fully saturated rings. The topological polar surface area (TPSA) is 105 Å². The maximum absolute atomic E-state index is 12.5. The van der Waals surface area contributed by atoms with Gasteiger partial charge in [0, 0.05) is 28.2 Å². The number of rotatable bonds is 19. The number of hydrogen-bond acceptors (Lipinski definition) is 9. The largest absolute Gasteiger partial charge is 0.494 e. The third-order valence-electron chi connectivity index (χ3n) is 6.82. The Morgan fingerprint density at radius 1 is 0.694 bits per heavy atom. The summed E-state index contributed by atoms with van der Waals surface area (Å²) in [5.74, 6) is 1.16. The number of esters is 2. The lowest BCUT2D eigenvalue weighted by Gasteiger charge is -2.09. The standard InChI is InChI=1S/C24H28O4S.C14H16O4.C2H6/c1-4-18(3)19-10-14-22(15-11-19)29-24(26)20-8-12-21(13-9-20)27-16-6-7-17-28-23(25)5-2;1-2-14(16)18-10-4-3-9-17-13-7-5-12(11-15)6-8-13;1-2/h5,8-15,18H,2,4,6-7,16-17H2,1,3H3;2,5-8,11H,1,3-4,9-10H2;1-2H3. The van der Waals surface area contributed by atoms with E-state index < -0.39 is 11.9 Å². The fraction of sp³-hybridized carbons (Fsp3) is 0.350. The highest BCUT2D eigenvalue weighted by atomic mass is 32.2. The Balaban J connectivity index is 0.000000515. The number of unbranched alkanes of at least 4 members (excludes halogenated alkanes) is 2. The average Bonchev–Trinajstić information content (AvgIpc) is 3.15. The zero-order chi connectivity index (χ0) is 36.3. The minimum atomic E-state index is -0.407. The molecule has 1 atom stereocenters. The molecular formula is C40H50O8S. The second-order valence-corrected chi connectivity index (χ2v) is 11.4. The first-order chi connectivity index (χ1) is 23.8. The maximum Gasteiger partial charge on any atom is 0.330 e. The number of thioether (sulfide) groups is 1. The molecule has 0 aliphatic heterocycles. The van der Waals surface area contributed by atoms with Crippen LogP contribution in [0.1, 0.15) is 92.0 Å². The van der Waals surface area contributed by atoms with Crippen LogP contribution in [0.3, 0.4) is 0 Å². The molecule has 1 unspecified atom stereocenters. The van der Waals surface area contributed by atoms with Crippen molar-refractivity contribution in [2.75, 3.05) is 26.4 Å². The molecule has 0 aliphatic rings. The second-order valence-electron chi connectivity index (χ2n) is 10.3. The van der Waals surface area contributed by atoms with E-state index in [2.05, 4.69) is 39.1 Å². The molecule has 49 heavy (non-hydrogen) atoms. The summed E-state index contributed by atoms with van der Waals surface area (Å²) in [4.78, 5) is 45.5. The fourth-order valence-corrected chi connectivity index (χ4v) is 4.59. The SMILES string of the molecule is C=CC(=O)OCCCCOc1ccc(C(=O)Sc2ccc(C(C)CC)cc2)cc1.C=CC(=O)OCCCCOc1ccc(C=O)cc1.CC. The molecule has 0 aliphatic carbocycles. The Morgan fingerprint density at radius 3 is 1.57 bits per heavy atom. The summed E-state index contributed by atoms with van der Waals surface area (Å²) in [5, 5.41) is 0.0110. The Hall–Kier alpha value is -4.63. The first-order valence-corrected chi connectivity index (χ1v) is 17.4. The van der Waals surface area contributed by atoms with Crippen LogP contribution in [0.5, 0.6) is 11.5 Å². The van der Waals surface area contributed by atoms with Crippen LogP contribution in [0.15, 0.2) is 103 Å². The average molecular weight is 691 g/mol. The summed E-state index contributed by atoms with van der Waals surface area (Å²) in [5.41, 5.74) is 2.56. The van der Waals surface area contributed by atoms with Gasteiger partial charge in [0.1, 0.15) is 17.8 Å². The van der Waals surface area contributed by atoms with Crippen molar-refractivity contribution in [1.29, 1.82) is 0 Å². The first-order valence-electron chi connectivity index (χ1n) is 16.6. The van der Waals surface area contributed by atoms with Crippen molar-refractivity contribution in [3.05, 3.63) is 115 Å². The van der Waals surface area contributed by atoms with Crippen LogP contribution >= 0.6 is 11.8 Å². The van der Waals surface area contributed by atoms with E-state index in [1.54, 1.807) is 48.5 Å². The minimum absolute atomic E-state index is 0.0110. The molecule has 0 amide bonds. The number of benzene rings is 3. The smallest absolute Gasteiger partial charge is 0.330 e. The molecule has 0 saturated carbocycles. The van der Waals surface area contributed by atoms with E-state index in [1.807, 2.05) is 26.0 Å². The minimum Gasteiger partial charge on any atom is -0.494 e. The predicted molar refractivity (Wildman–Crippen MR) is 197 cm³/mol. The molecule has 0 aromatic heterocycles. The van der Waals surface area contributed by atoms with Crippen molar-refractivity contribution in [2.45, 2.75) is 70.6 Å². The third kappa shape index (κ3) is 18.5. The van der Waals surface area contributed by atoms with Gasteiger partial charge in [-0.3, -0.25) is 9.59 Å². The highest BCUT2D eigenvalue weighted by Crippen LogP contribution is 2.27. The Kier molecular flexibility index (Phi) is 22.8. The van der Waals surface area contributed by atoms with E-state index in [-0.39, 0.29) is 5.12 Å². The lowest BCUT2D eigenvalue weighted by atomic mass is 9.99.